The molecule has 1 unspecified atom stereocenters. The van der Waals surface area contributed by atoms with Gasteiger partial charge >= 0.3 is 5.97 Å². The number of esters is 1. The molecule has 1 atom stereocenters. The van der Waals surface area contributed by atoms with Crippen molar-refractivity contribution < 1.29 is 18.7 Å². The van der Waals surface area contributed by atoms with Crippen molar-refractivity contribution in [3.05, 3.63) is 29.6 Å². The van der Waals surface area contributed by atoms with Gasteiger partial charge in [-0.05, 0) is 38.3 Å². The standard InChI is InChI=1S/C14H20FNO3/c1-10-5-6-11(9-12(10)15)19-8-4-7-14(2,16)13(17)18-3/h5-6,9H,4,7-8,16H2,1-3H3. The number of benzene rings is 1. The van der Waals surface area contributed by atoms with E-state index in [1.54, 1.807) is 26.0 Å². The van der Waals surface area contributed by atoms with E-state index in [1.807, 2.05) is 0 Å². The Kier molecular flexibility index (Phi) is 5.30. The first-order chi connectivity index (χ1) is 8.86. The molecular weight excluding hydrogens is 249 g/mol. The molecule has 1 aromatic rings. The van der Waals surface area contributed by atoms with Crippen molar-refractivity contribution in [2.45, 2.75) is 32.2 Å². The van der Waals surface area contributed by atoms with Gasteiger partial charge in [0.1, 0.15) is 17.1 Å². The Bertz CT molecular complexity index is 446. The lowest BCUT2D eigenvalue weighted by atomic mass is 9.98. The highest BCUT2D eigenvalue weighted by atomic mass is 19.1. The van der Waals surface area contributed by atoms with Gasteiger partial charge in [0.25, 0.3) is 0 Å². The van der Waals surface area contributed by atoms with Crippen LogP contribution in [0.4, 0.5) is 4.39 Å². The van der Waals surface area contributed by atoms with E-state index in [4.69, 9.17) is 10.5 Å². The zero-order chi connectivity index (χ0) is 14.5. The summed E-state index contributed by atoms with van der Waals surface area (Å²) >= 11 is 0. The van der Waals surface area contributed by atoms with Crippen molar-refractivity contribution in [1.29, 1.82) is 0 Å². The molecule has 0 radical (unpaired) electrons. The van der Waals surface area contributed by atoms with E-state index >= 15 is 0 Å². The van der Waals surface area contributed by atoms with Crippen LogP contribution in [0.25, 0.3) is 0 Å². The SMILES string of the molecule is COC(=O)C(C)(N)CCCOc1ccc(C)c(F)c1. The van der Waals surface area contributed by atoms with Crippen LogP contribution >= 0.6 is 0 Å². The number of hydrogen-bond acceptors (Lipinski definition) is 4. The zero-order valence-electron chi connectivity index (χ0n) is 11.5. The van der Waals surface area contributed by atoms with Gasteiger partial charge in [0.2, 0.25) is 0 Å². The summed E-state index contributed by atoms with van der Waals surface area (Å²) < 4.78 is 23.3. The molecule has 1 rings (SSSR count). The van der Waals surface area contributed by atoms with Gasteiger partial charge in [-0.25, -0.2) is 4.39 Å². The van der Waals surface area contributed by atoms with Gasteiger partial charge in [-0.1, -0.05) is 6.07 Å². The molecule has 1 aromatic carbocycles. The third-order valence-corrected chi connectivity index (χ3v) is 2.90. The Hall–Kier alpha value is -1.62. The number of rotatable bonds is 6. The number of nitrogens with two attached hydrogens (primary N) is 1. The number of ether oxygens (including phenoxy) is 2. The molecule has 0 amide bonds. The Labute approximate surface area is 112 Å². The van der Waals surface area contributed by atoms with Crippen molar-refractivity contribution >= 4 is 5.97 Å². The third-order valence-electron chi connectivity index (χ3n) is 2.90. The Morgan fingerprint density at radius 3 is 2.74 bits per heavy atom. The van der Waals surface area contributed by atoms with Crippen LogP contribution in [0.3, 0.4) is 0 Å². The number of carbonyl (C=O) groups excluding carboxylic acids is 1. The summed E-state index contributed by atoms with van der Waals surface area (Å²) in [4.78, 5) is 11.3. The summed E-state index contributed by atoms with van der Waals surface area (Å²) in [5.74, 6) is -0.274. The molecule has 0 aliphatic carbocycles. The molecule has 2 N–H and O–H groups in total. The first kappa shape index (κ1) is 15.4. The van der Waals surface area contributed by atoms with E-state index in [0.29, 0.717) is 30.8 Å². The second-order valence-electron chi connectivity index (χ2n) is 4.77. The number of halogens is 1. The van der Waals surface area contributed by atoms with E-state index in [9.17, 15) is 9.18 Å². The van der Waals surface area contributed by atoms with Crippen LogP contribution in [0.2, 0.25) is 0 Å². The number of carbonyl (C=O) groups is 1. The Morgan fingerprint density at radius 2 is 2.16 bits per heavy atom. The molecule has 0 spiro atoms. The number of hydrogen-bond donors (Lipinski definition) is 1. The Balaban J connectivity index is 2.38. The monoisotopic (exact) mass is 269 g/mol. The van der Waals surface area contributed by atoms with E-state index < -0.39 is 11.5 Å². The molecule has 0 aliphatic rings. The van der Waals surface area contributed by atoms with E-state index in [-0.39, 0.29) is 5.82 Å². The Morgan fingerprint density at radius 1 is 1.47 bits per heavy atom. The van der Waals surface area contributed by atoms with Gasteiger partial charge in [0.05, 0.1) is 13.7 Å². The van der Waals surface area contributed by atoms with Crippen LogP contribution in [0.5, 0.6) is 5.75 Å². The van der Waals surface area contributed by atoms with Crippen molar-refractivity contribution in [3.8, 4) is 5.75 Å². The van der Waals surface area contributed by atoms with Gasteiger partial charge in [-0.3, -0.25) is 4.79 Å². The van der Waals surface area contributed by atoms with Gasteiger partial charge in [-0.2, -0.15) is 0 Å². The molecule has 19 heavy (non-hydrogen) atoms. The summed E-state index contributed by atoms with van der Waals surface area (Å²) in [6.45, 7) is 3.67. The van der Waals surface area contributed by atoms with Crippen molar-refractivity contribution in [3.63, 3.8) is 0 Å². The lowest BCUT2D eigenvalue weighted by Crippen LogP contribution is -2.45. The molecule has 0 fully saturated rings. The minimum absolute atomic E-state index is 0.296. The molecule has 0 bridgehead atoms. The average molecular weight is 269 g/mol. The maximum Gasteiger partial charge on any atom is 0.325 e. The van der Waals surface area contributed by atoms with E-state index in [0.717, 1.165) is 0 Å². The quantitative estimate of drug-likeness (QED) is 0.635. The second-order valence-corrected chi connectivity index (χ2v) is 4.77. The highest BCUT2D eigenvalue weighted by Gasteiger charge is 2.28. The number of aryl methyl sites for hydroxylation is 1. The van der Waals surface area contributed by atoms with E-state index in [1.165, 1.54) is 13.2 Å². The average Bonchev–Trinajstić information content (AvgIpc) is 2.37. The normalized spacial score (nSPS) is 13.7. The molecule has 0 aliphatic heterocycles. The lowest BCUT2D eigenvalue weighted by molar-refractivity contribution is -0.146. The smallest absolute Gasteiger partial charge is 0.325 e. The van der Waals surface area contributed by atoms with Crippen LogP contribution in [-0.4, -0.2) is 25.2 Å². The minimum atomic E-state index is -1.02. The predicted octanol–water partition coefficient (Wildman–Crippen LogP) is 2.18. The van der Waals surface area contributed by atoms with E-state index in [2.05, 4.69) is 4.74 Å². The van der Waals surface area contributed by atoms with Crippen molar-refractivity contribution in [2.75, 3.05) is 13.7 Å². The van der Waals surface area contributed by atoms with Crippen LogP contribution in [0, 0.1) is 12.7 Å². The third kappa shape index (κ3) is 4.52. The number of methoxy groups -OCH3 is 1. The highest BCUT2D eigenvalue weighted by molar-refractivity contribution is 5.79. The summed E-state index contributed by atoms with van der Waals surface area (Å²) in [7, 11) is 1.30. The van der Waals surface area contributed by atoms with Crippen molar-refractivity contribution in [2.24, 2.45) is 5.73 Å². The molecule has 0 aromatic heterocycles. The molecule has 0 saturated heterocycles. The fourth-order valence-electron chi connectivity index (χ4n) is 1.63. The highest BCUT2D eigenvalue weighted by Crippen LogP contribution is 2.17. The van der Waals surface area contributed by atoms with Gasteiger partial charge < -0.3 is 15.2 Å². The van der Waals surface area contributed by atoms with Crippen LogP contribution in [0.15, 0.2) is 18.2 Å². The molecule has 0 heterocycles. The van der Waals surface area contributed by atoms with Crippen LogP contribution in [-0.2, 0) is 9.53 Å². The van der Waals surface area contributed by atoms with Crippen LogP contribution < -0.4 is 10.5 Å². The van der Waals surface area contributed by atoms with Gasteiger partial charge in [0.15, 0.2) is 0 Å². The predicted molar refractivity (Wildman–Crippen MR) is 70.5 cm³/mol. The lowest BCUT2D eigenvalue weighted by Gasteiger charge is -2.21. The first-order valence-corrected chi connectivity index (χ1v) is 6.13. The maximum atomic E-state index is 13.3. The first-order valence-electron chi connectivity index (χ1n) is 6.13. The topological polar surface area (TPSA) is 61.5 Å². The molecule has 4 nitrogen and oxygen atoms in total. The second kappa shape index (κ2) is 6.52. The summed E-state index contributed by atoms with van der Waals surface area (Å²) in [5, 5.41) is 0. The van der Waals surface area contributed by atoms with Gasteiger partial charge in [-0.15, -0.1) is 0 Å². The summed E-state index contributed by atoms with van der Waals surface area (Å²) in [5.41, 5.74) is 5.36. The van der Waals surface area contributed by atoms with Crippen LogP contribution in [0.1, 0.15) is 25.3 Å². The van der Waals surface area contributed by atoms with Gasteiger partial charge in [0, 0.05) is 6.07 Å². The largest absolute Gasteiger partial charge is 0.493 e. The molecule has 0 saturated carbocycles. The molecular formula is C14H20FNO3. The summed E-state index contributed by atoms with van der Waals surface area (Å²) in [6, 6.07) is 4.71. The van der Waals surface area contributed by atoms with Crippen molar-refractivity contribution in [1.82, 2.24) is 0 Å². The summed E-state index contributed by atoms with van der Waals surface area (Å²) in [6.07, 6.45) is 1.02. The molecule has 5 heteroatoms. The fourth-order valence-corrected chi connectivity index (χ4v) is 1.63. The maximum absolute atomic E-state index is 13.3. The minimum Gasteiger partial charge on any atom is -0.493 e. The molecule has 106 valence electrons. The fraction of sp³-hybridized carbons (Fsp3) is 0.500. The zero-order valence-corrected chi connectivity index (χ0v) is 11.5.